The van der Waals surface area contributed by atoms with Gasteiger partial charge in [0.05, 0.1) is 44.1 Å². The van der Waals surface area contributed by atoms with Crippen LogP contribution in [0.5, 0.6) is 0 Å². The van der Waals surface area contributed by atoms with E-state index in [1.807, 2.05) is 12.3 Å². The van der Waals surface area contributed by atoms with Crippen LogP contribution in [0.3, 0.4) is 0 Å². The van der Waals surface area contributed by atoms with E-state index in [0.717, 1.165) is 33.9 Å². The van der Waals surface area contributed by atoms with Crippen molar-refractivity contribution in [3.63, 3.8) is 0 Å². The van der Waals surface area contributed by atoms with Gasteiger partial charge in [-0.1, -0.05) is 115 Å². The number of fused-ring (bicyclic) bond motifs is 14. The normalized spacial score (nSPS) is 12.1. The maximum Gasteiger partial charge on any atom is 0.137 e. The van der Waals surface area contributed by atoms with Crippen molar-refractivity contribution in [3.05, 3.63) is 200 Å². The van der Waals surface area contributed by atoms with Crippen LogP contribution in [0, 0.1) is 0 Å². The van der Waals surface area contributed by atoms with Gasteiger partial charge in [-0.3, -0.25) is 4.57 Å². The average molecular weight is 740 g/mol. The molecule has 0 bridgehead atoms. The lowest BCUT2D eigenvalue weighted by molar-refractivity contribution is 1.08. The van der Waals surface area contributed by atoms with Crippen molar-refractivity contribution in [2.75, 3.05) is 0 Å². The van der Waals surface area contributed by atoms with Crippen molar-refractivity contribution in [3.8, 4) is 22.9 Å². The number of hydrogen-bond donors (Lipinski definition) is 0. The molecule has 0 saturated heterocycles. The van der Waals surface area contributed by atoms with Gasteiger partial charge in [0, 0.05) is 66.3 Å². The highest BCUT2D eigenvalue weighted by Crippen LogP contribution is 2.44. The molecule has 13 rings (SSSR count). The first-order chi connectivity index (χ1) is 28.8. The zero-order valence-electron chi connectivity index (χ0n) is 31.3. The summed E-state index contributed by atoms with van der Waals surface area (Å²) in [5, 5.41) is 9.86. The molecule has 8 aromatic carbocycles. The van der Waals surface area contributed by atoms with Crippen LogP contribution in [0.1, 0.15) is 0 Å². The summed E-state index contributed by atoms with van der Waals surface area (Å²) in [7, 11) is 0. The summed E-state index contributed by atoms with van der Waals surface area (Å²) >= 11 is 0. The molecule has 58 heavy (non-hydrogen) atoms. The molecule has 5 aromatic heterocycles. The van der Waals surface area contributed by atoms with E-state index < -0.39 is 0 Å². The van der Waals surface area contributed by atoms with Crippen LogP contribution in [-0.2, 0) is 0 Å². The molecule has 0 fully saturated rings. The lowest BCUT2D eigenvalue weighted by Gasteiger charge is -2.14. The molecule has 0 amide bonds. The van der Waals surface area contributed by atoms with Gasteiger partial charge in [0.15, 0.2) is 0 Å². The van der Waals surface area contributed by atoms with E-state index in [1.54, 1.807) is 0 Å². The van der Waals surface area contributed by atoms with Crippen LogP contribution < -0.4 is 0 Å². The number of benzene rings is 8. The molecule has 5 nitrogen and oxygen atoms in total. The molecule has 0 saturated carbocycles. The maximum atomic E-state index is 4.81. The quantitative estimate of drug-likeness (QED) is 0.177. The van der Waals surface area contributed by atoms with Gasteiger partial charge in [-0.05, 0) is 78.9 Å². The lowest BCUT2D eigenvalue weighted by Crippen LogP contribution is -2.00. The Kier molecular flexibility index (Phi) is 6.38. The molecule has 5 heterocycles. The van der Waals surface area contributed by atoms with Gasteiger partial charge in [-0.2, -0.15) is 0 Å². The van der Waals surface area contributed by atoms with Crippen molar-refractivity contribution in [2.24, 2.45) is 0 Å². The molecule has 270 valence electrons. The molecule has 0 aliphatic rings. The Morgan fingerprint density at radius 3 is 1.21 bits per heavy atom. The summed E-state index contributed by atoms with van der Waals surface area (Å²) in [5.74, 6) is 0.909. The van der Waals surface area contributed by atoms with Crippen LogP contribution >= 0.6 is 0 Å². The second-order valence-corrected chi connectivity index (χ2v) is 15.2. The number of rotatable bonds is 4. The molecule has 0 spiro atoms. The molecular formula is C53H33N5. The van der Waals surface area contributed by atoms with E-state index in [4.69, 9.17) is 4.98 Å². The highest BCUT2D eigenvalue weighted by atomic mass is 15.1. The topological polar surface area (TPSA) is 32.6 Å². The number of hydrogen-bond acceptors (Lipinski definition) is 1. The predicted octanol–water partition coefficient (Wildman–Crippen LogP) is 13.5. The van der Waals surface area contributed by atoms with Gasteiger partial charge >= 0.3 is 0 Å². The second kappa shape index (κ2) is 11.8. The molecule has 5 heteroatoms. The van der Waals surface area contributed by atoms with Gasteiger partial charge in [0.2, 0.25) is 0 Å². The van der Waals surface area contributed by atoms with Crippen molar-refractivity contribution >= 4 is 87.2 Å². The molecule has 0 radical (unpaired) electrons. The molecule has 0 aliphatic carbocycles. The molecule has 13 aromatic rings. The Morgan fingerprint density at radius 1 is 0.259 bits per heavy atom. The fourth-order valence-electron chi connectivity index (χ4n) is 9.87. The van der Waals surface area contributed by atoms with E-state index in [9.17, 15) is 0 Å². The summed E-state index contributed by atoms with van der Waals surface area (Å²) in [6, 6.07) is 70.4. The summed E-state index contributed by atoms with van der Waals surface area (Å²) in [6.45, 7) is 0. The fourth-order valence-corrected chi connectivity index (χ4v) is 9.87. The van der Waals surface area contributed by atoms with Crippen LogP contribution in [0.15, 0.2) is 200 Å². The van der Waals surface area contributed by atoms with Gasteiger partial charge < -0.3 is 13.7 Å². The third-order valence-corrected chi connectivity index (χ3v) is 12.2. The SMILES string of the molecule is c1ccc(-n2c3ccccc3c3ccc4c5ccccc5n(-c5ccc(-n6c7ccccc7c7ccc8c(c9ccccc9n8-c8ccccn8)c76)cc5)c4c32)cc1. The third kappa shape index (κ3) is 4.17. The molecule has 0 aliphatic heterocycles. The van der Waals surface area contributed by atoms with E-state index in [0.29, 0.717) is 0 Å². The number of nitrogens with zero attached hydrogens (tertiary/aromatic N) is 5. The molecule has 0 unspecified atom stereocenters. The standard InChI is InChI=1S/C53H33N5/c1-2-14-34(15-3-1)56-45-21-9-5-17-38(45)41-29-30-42-39-18-6-10-22-46(39)57(53(42)52(41)56)36-27-25-35(26-28-36)55-44-20-8-4-16-37(44)40-31-32-48-50(51(40)55)43-19-7-11-23-47(43)58(48)49-24-12-13-33-54-49/h1-33H. The van der Waals surface area contributed by atoms with Gasteiger partial charge in [0.25, 0.3) is 0 Å². The minimum Gasteiger partial charge on any atom is -0.309 e. The summed E-state index contributed by atoms with van der Waals surface area (Å²) < 4.78 is 9.68. The van der Waals surface area contributed by atoms with Crippen LogP contribution in [-0.4, -0.2) is 23.3 Å². The monoisotopic (exact) mass is 739 g/mol. The smallest absolute Gasteiger partial charge is 0.137 e. The van der Waals surface area contributed by atoms with Crippen LogP contribution in [0.4, 0.5) is 0 Å². The zero-order chi connectivity index (χ0) is 37.9. The van der Waals surface area contributed by atoms with Crippen molar-refractivity contribution < 1.29 is 0 Å². The Labute approximate surface area is 332 Å². The maximum absolute atomic E-state index is 4.81. The minimum atomic E-state index is 0.909. The van der Waals surface area contributed by atoms with Crippen molar-refractivity contribution in [2.45, 2.75) is 0 Å². The second-order valence-electron chi connectivity index (χ2n) is 15.2. The molecule has 0 N–H and O–H groups in total. The van der Waals surface area contributed by atoms with Gasteiger partial charge in [-0.25, -0.2) is 4.98 Å². The Morgan fingerprint density at radius 2 is 0.672 bits per heavy atom. The van der Waals surface area contributed by atoms with E-state index in [1.165, 1.54) is 76.2 Å². The number of para-hydroxylation sites is 5. The van der Waals surface area contributed by atoms with Crippen LogP contribution in [0.25, 0.3) is 110 Å². The Hall–Kier alpha value is -7.89. The Balaban J connectivity index is 1.10. The van der Waals surface area contributed by atoms with Crippen molar-refractivity contribution in [1.29, 1.82) is 0 Å². The molecule has 0 atom stereocenters. The minimum absolute atomic E-state index is 0.909. The van der Waals surface area contributed by atoms with Crippen molar-refractivity contribution in [1.82, 2.24) is 23.3 Å². The zero-order valence-corrected chi connectivity index (χ0v) is 31.3. The number of pyridine rings is 1. The average Bonchev–Trinajstić information content (AvgIpc) is 4.02. The van der Waals surface area contributed by atoms with Gasteiger partial charge in [0.1, 0.15) is 5.82 Å². The van der Waals surface area contributed by atoms with Gasteiger partial charge in [-0.15, -0.1) is 0 Å². The molecular weight excluding hydrogens is 707 g/mol. The largest absolute Gasteiger partial charge is 0.309 e. The first kappa shape index (κ1) is 31.3. The summed E-state index contributed by atoms with van der Waals surface area (Å²) in [5.41, 5.74) is 12.8. The van der Waals surface area contributed by atoms with E-state index in [-0.39, 0.29) is 0 Å². The van der Waals surface area contributed by atoms with E-state index in [2.05, 4.69) is 206 Å². The summed E-state index contributed by atoms with van der Waals surface area (Å²) in [4.78, 5) is 4.81. The number of aromatic nitrogens is 5. The fraction of sp³-hybridized carbons (Fsp3) is 0. The van der Waals surface area contributed by atoms with Crippen LogP contribution in [0.2, 0.25) is 0 Å². The lowest BCUT2D eigenvalue weighted by atomic mass is 10.1. The first-order valence-corrected chi connectivity index (χ1v) is 19.8. The summed E-state index contributed by atoms with van der Waals surface area (Å²) in [6.07, 6.45) is 1.87. The first-order valence-electron chi connectivity index (χ1n) is 19.8. The highest BCUT2D eigenvalue weighted by Gasteiger charge is 2.23. The van der Waals surface area contributed by atoms with E-state index >= 15 is 0 Å². The Bertz CT molecular complexity index is 3770. The highest BCUT2D eigenvalue weighted by molar-refractivity contribution is 6.26. The predicted molar refractivity (Wildman–Crippen MR) is 242 cm³/mol. The third-order valence-electron chi connectivity index (χ3n) is 12.2.